The molecule has 2 aromatic rings. The molecule has 1 aromatic carbocycles. The van der Waals surface area contributed by atoms with Crippen LogP contribution >= 0.6 is 11.6 Å². The van der Waals surface area contributed by atoms with E-state index in [2.05, 4.69) is 28.3 Å². The molecule has 1 unspecified atom stereocenters. The molecule has 3 nitrogen and oxygen atoms in total. The average molecular weight is 276 g/mol. The number of hydrogen-bond acceptors (Lipinski definition) is 3. The zero-order chi connectivity index (χ0) is 13.7. The average Bonchev–Trinajstić information content (AvgIpc) is 2.44. The van der Waals surface area contributed by atoms with E-state index in [1.54, 1.807) is 12.4 Å². The summed E-state index contributed by atoms with van der Waals surface area (Å²) in [6, 6.07) is 7.90. The number of benzene rings is 1. The van der Waals surface area contributed by atoms with Gasteiger partial charge >= 0.3 is 0 Å². The van der Waals surface area contributed by atoms with E-state index in [1.807, 2.05) is 25.1 Å². The summed E-state index contributed by atoms with van der Waals surface area (Å²) in [5.74, 6) is 0.774. The second-order valence-electron chi connectivity index (χ2n) is 4.50. The first-order chi connectivity index (χ1) is 9.22. The zero-order valence-corrected chi connectivity index (χ0v) is 12.0. The molecular formula is C15H18ClN3. The summed E-state index contributed by atoms with van der Waals surface area (Å²) >= 11 is 6.21. The highest BCUT2D eigenvalue weighted by molar-refractivity contribution is 6.31. The minimum Gasteiger partial charge on any atom is -0.304 e. The predicted octanol–water partition coefficient (Wildman–Crippen LogP) is 3.53. The molecule has 2 rings (SSSR count). The minimum absolute atomic E-state index is 0.0146. The second-order valence-corrected chi connectivity index (χ2v) is 4.91. The standard InChI is InChI=1S/C15H18ClN3/c1-3-7-17-14(15-18-8-4-9-19-15)12-6-5-11(2)13(16)10-12/h4-6,8-10,14,17H,3,7H2,1-2H3. The molecule has 19 heavy (non-hydrogen) atoms. The first-order valence-electron chi connectivity index (χ1n) is 6.48. The minimum atomic E-state index is -0.0146. The number of aromatic nitrogens is 2. The molecule has 1 aromatic heterocycles. The zero-order valence-electron chi connectivity index (χ0n) is 11.2. The molecule has 0 bridgehead atoms. The third kappa shape index (κ3) is 3.52. The Bertz CT molecular complexity index is 528. The quantitative estimate of drug-likeness (QED) is 0.907. The fourth-order valence-corrected chi connectivity index (χ4v) is 2.08. The molecule has 0 aliphatic heterocycles. The first-order valence-corrected chi connectivity index (χ1v) is 6.86. The van der Waals surface area contributed by atoms with E-state index in [4.69, 9.17) is 11.6 Å². The van der Waals surface area contributed by atoms with Gasteiger partial charge in [-0.15, -0.1) is 0 Å². The number of hydrogen-bond donors (Lipinski definition) is 1. The third-order valence-electron chi connectivity index (χ3n) is 2.97. The Hall–Kier alpha value is -1.45. The van der Waals surface area contributed by atoms with Crippen molar-refractivity contribution >= 4 is 11.6 Å². The van der Waals surface area contributed by atoms with Crippen LogP contribution in [-0.4, -0.2) is 16.5 Å². The number of halogens is 1. The molecular weight excluding hydrogens is 258 g/mol. The monoisotopic (exact) mass is 275 g/mol. The van der Waals surface area contributed by atoms with Gasteiger partial charge in [-0.25, -0.2) is 9.97 Å². The van der Waals surface area contributed by atoms with Crippen LogP contribution in [0.1, 0.15) is 36.3 Å². The van der Waals surface area contributed by atoms with Crippen LogP contribution in [0.15, 0.2) is 36.7 Å². The van der Waals surface area contributed by atoms with Crippen LogP contribution in [0.25, 0.3) is 0 Å². The normalized spacial score (nSPS) is 12.4. The summed E-state index contributed by atoms with van der Waals surface area (Å²) in [7, 11) is 0. The van der Waals surface area contributed by atoms with E-state index < -0.39 is 0 Å². The maximum atomic E-state index is 6.21. The predicted molar refractivity (Wildman–Crippen MR) is 78.4 cm³/mol. The van der Waals surface area contributed by atoms with Gasteiger partial charge in [0.05, 0.1) is 6.04 Å². The van der Waals surface area contributed by atoms with Crippen LogP contribution < -0.4 is 5.32 Å². The van der Waals surface area contributed by atoms with Crippen molar-refractivity contribution in [3.8, 4) is 0 Å². The number of nitrogens with one attached hydrogen (secondary N) is 1. The van der Waals surface area contributed by atoms with Crippen LogP contribution in [-0.2, 0) is 0 Å². The van der Waals surface area contributed by atoms with E-state index in [1.165, 1.54) is 0 Å². The lowest BCUT2D eigenvalue weighted by molar-refractivity contribution is 0.571. The topological polar surface area (TPSA) is 37.8 Å². The third-order valence-corrected chi connectivity index (χ3v) is 3.38. The van der Waals surface area contributed by atoms with Gasteiger partial charge in [0, 0.05) is 17.4 Å². The smallest absolute Gasteiger partial charge is 0.149 e. The van der Waals surface area contributed by atoms with Gasteiger partial charge in [0.25, 0.3) is 0 Å². The Labute approximate surface area is 119 Å². The summed E-state index contributed by atoms with van der Waals surface area (Å²) in [6.45, 7) is 5.05. The van der Waals surface area contributed by atoms with Gasteiger partial charge in [0.2, 0.25) is 0 Å². The highest BCUT2D eigenvalue weighted by Gasteiger charge is 2.16. The molecule has 0 saturated carbocycles. The van der Waals surface area contributed by atoms with Crippen molar-refractivity contribution < 1.29 is 0 Å². The van der Waals surface area contributed by atoms with E-state index in [0.29, 0.717) is 0 Å². The van der Waals surface area contributed by atoms with E-state index >= 15 is 0 Å². The molecule has 0 fully saturated rings. The van der Waals surface area contributed by atoms with Crippen molar-refractivity contribution in [3.63, 3.8) is 0 Å². The Balaban J connectivity index is 2.34. The Kier molecular flexibility index (Phi) is 4.88. The van der Waals surface area contributed by atoms with Crippen molar-refractivity contribution in [2.24, 2.45) is 0 Å². The summed E-state index contributed by atoms with van der Waals surface area (Å²) in [5.41, 5.74) is 2.17. The van der Waals surface area contributed by atoms with Crippen LogP contribution in [0, 0.1) is 6.92 Å². The Morgan fingerprint density at radius 1 is 1.26 bits per heavy atom. The van der Waals surface area contributed by atoms with Gasteiger partial charge in [-0.2, -0.15) is 0 Å². The highest BCUT2D eigenvalue weighted by atomic mass is 35.5. The highest BCUT2D eigenvalue weighted by Crippen LogP contribution is 2.24. The van der Waals surface area contributed by atoms with Gasteiger partial charge in [-0.05, 0) is 43.1 Å². The van der Waals surface area contributed by atoms with Crippen LogP contribution in [0.2, 0.25) is 5.02 Å². The molecule has 1 N–H and O–H groups in total. The van der Waals surface area contributed by atoms with Crippen LogP contribution in [0.4, 0.5) is 0 Å². The van der Waals surface area contributed by atoms with Gasteiger partial charge in [-0.1, -0.05) is 30.7 Å². The largest absolute Gasteiger partial charge is 0.304 e. The summed E-state index contributed by atoms with van der Waals surface area (Å²) in [6.07, 6.45) is 4.58. The van der Waals surface area contributed by atoms with Crippen LogP contribution in [0.3, 0.4) is 0 Å². The molecule has 1 atom stereocenters. The first kappa shape index (κ1) is 14.0. The molecule has 4 heteroatoms. The molecule has 0 radical (unpaired) electrons. The lowest BCUT2D eigenvalue weighted by atomic mass is 10.0. The van der Waals surface area contributed by atoms with E-state index in [0.717, 1.165) is 34.9 Å². The summed E-state index contributed by atoms with van der Waals surface area (Å²) < 4.78 is 0. The maximum absolute atomic E-state index is 6.21. The summed E-state index contributed by atoms with van der Waals surface area (Å²) in [4.78, 5) is 8.69. The Morgan fingerprint density at radius 3 is 2.63 bits per heavy atom. The number of rotatable bonds is 5. The van der Waals surface area contributed by atoms with Gasteiger partial charge < -0.3 is 5.32 Å². The number of aryl methyl sites for hydroxylation is 1. The van der Waals surface area contributed by atoms with Crippen molar-refractivity contribution in [3.05, 3.63) is 58.6 Å². The molecule has 0 amide bonds. The number of nitrogens with zero attached hydrogens (tertiary/aromatic N) is 2. The van der Waals surface area contributed by atoms with E-state index in [-0.39, 0.29) is 6.04 Å². The van der Waals surface area contributed by atoms with Gasteiger partial charge in [-0.3, -0.25) is 0 Å². The fraction of sp³-hybridized carbons (Fsp3) is 0.333. The van der Waals surface area contributed by atoms with Crippen molar-refractivity contribution in [1.82, 2.24) is 15.3 Å². The molecule has 0 aliphatic carbocycles. The lowest BCUT2D eigenvalue weighted by Gasteiger charge is -2.18. The molecule has 1 heterocycles. The van der Waals surface area contributed by atoms with Crippen LogP contribution in [0.5, 0.6) is 0 Å². The van der Waals surface area contributed by atoms with E-state index in [9.17, 15) is 0 Å². The van der Waals surface area contributed by atoms with Gasteiger partial charge in [0.15, 0.2) is 0 Å². The molecule has 0 saturated heterocycles. The lowest BCUT2D eigenvalue weighted by Crippen LogP contribution is -2.25. The van der Waals surface area contributed by atoms with Crippen molar-refractivity contribution in [2.45, 2.75) is 26.3 Å². The molecule has 0 spiro atoms. The maximum Gasteiger partial charge on any atom is 0.149 e. The molecule has 0 aliphatic rings. The summed E-state index contributed by atoms with van der Waals surface area (Å²) in [5, 5.41) is 4.24. The Morgan fingerprint density at radius 2 is 2.00 bits per heavy atom. The fourth-order valence-electron chi connectivity index (χ4n) is 1.90. The van der Waals surface area contributed by atoms with Crippen molar-refractivity contribution in [2.75, 3.05) is 6.54 Å². The SMILES string of the molecule is CCCNC(c1ccc(C)c(Cl)c1)c1ncccn1. The second kappa shape index (κ2) is 6.64. The van der Waals surface area contributed by atoms with Crippen molar-refractivity contribution in [1.29, 1.82) is 0 Å². The van der Waals surface area contributed by atoms with Gasteiger partial charge in [0.1, 0.15) is 5.82 Å². The molecule has 100 valence electrons.